The Kier molecular flexibility index (Phi) is 14.6. The Bertz CT molecular complexity index is 1910. The van der Waals surface area contributed by atoms with Gasteiger partial charge in [-0.25, -0.2) is 0 Å². The number of benzene rings is 6. The van der Waals surface area contributed by atoms with Crippen LogP contribution in [0.4, 0.5) is 0 Å². The van der Waals surface area contributed by atoms with Crippen LogP contribution < -0.4 is 52.8 Å². The van der Waals surface area contributed by atoms with Crippen LogP contribution in [0, 0.1) is 0 Å². The summed E-state index contributed by atoms with van der Waals surface area (Å²) in [6.45, 7) is 9.66. The summed E-state index contributed by atoms with van der Waals surface area (Å²) >= 11 is 2.41. The molecule has 0 aliphatic heterocycles. The number of hydrogen-bond donors (Lipinski definition) is 0. The smallest absolute Gasteiger partial charge is 1.00 e. The van der Waals surface area contributed by atoms with Crippen molar-refractivity contribution >= 4 is 23.6 Å². The molecule has 1 unspecified atom stereocenters. The second-order valence-corrected chi connectivity index (χ2v) is 19.2. The normalized spacial score (nSPS) is 15.4. The summed E-state index contributed by atoms with van der Waals surface area (Å²) in [6, 6.07) is 61.8. The molecule has 1 atom stereocenters. The van der Waals surface area contributed by atoms with Crippen LogP contribution in [0.25, 0.3) is 0 Å². The molecule has 0 amide bonds. The third-order valence-electron chi connectivity index (χ3n) is 11.4. The van der Waals surface area contributed by atoms with E-state index in [0.717, 1.165) is 19.3 Å². The van der Waals surface area contributed by atoms with Gasteiger partial charge in [-0.05, 0) is 0 Å². The quantitative estimate of drug-likeness (QED) is 0.143. The third-order valence-corrected chi connectivity index (χ3v) is 18.9. The van der Waals surface area contributed by atoms with Gasteiger partial charge in [-0.3, -0.25) is 0 Å². The van der Waals surface area contributed by atoms with Crippen LogP contribution in [0.5, 0.6) is 0 Å². The molecule has 0 saturated carbocycles. The van der Waals surface area contributed by atoms with E-state index in [1.54, 1.807) is 0 Å². The molecule has 7 rings (SSSR count). The topological polar surface area (TPSA) is 0 Å². The van der Waals surface area contributed by atoms with E-state index in [1.807, 2.05) is 0 Å². The molecule has 0 saturated heterocycles. The van der Waals surface area contributed by atoms with E-state index in [1.165, 1.54) is 69.5 Å². The molecule has 6 aromatic carbocycles. The Morgan fingerprint density at radius 2 is 0.660 bits per heavy atom. The second kappa shape index (κ2) is 18.3. The van der Waals surface area contributed by atoms with Crippen LogP contribution in [-0.2, 0) is 39.7 Å². The standard InChI is InChI=1S/C48H45Si.3ClH.Ti/c1-36-35-48(4,38(3)37(36)2)49(45-26-20-42(21-27-45)32-39-14-8-5-9-15-39,46-28-22-43(23-29-46)33-40-16-10-6-11-17-40)47-30-24-44(25-31-47)34-41-18-12-7-13-19-41;;;;/h5-31H,32-34H2,1-4H3;3*1H;/q;;;;+3/p-3. The molecule has 1 aliphatic rings. The molecule has 0 fully saturated rings. The molecule has 6 aromatic rings. The average Bonchev–Trinajstić information content (AvgIpc) is 3.30. The van der Waals surface area contributed by atoms with Gasteiger partial charge in [0.15, 0.2) is 0 Å². The van der Waals surface area contributed by atoms with Crippen LogP contribution >= 0.6 is 0 Å². The van der Waals surface area contributed by atoms with E-state index < -0.39 is 8.07 Å². The molecule has 0 heterocycles. The molecule has 0 aromatic heterocycles. The average molecular weight is 804 g/mol. The Morgan fingerprint density at radius 3 is 0.906 bits per heavy atom. The van der Waals surface area contributed by atoms with E-state index in [0.29, 0.717) is 0 Å². The van der Waals surface area contributed by atoms with Crippen molar-refractivity contribution < 1.29 is 57.7 Å². The number of rotatable bonds is 10. The zero-order valence-electron chi connectivity index (χ0n) is 30.8. The SMILES string of the molecule is CC1=C(C)C(C)([Si](c2ccc(Cc3ccccc3)cc2)(c2ccc(Cc3ccccc3)cc2)c2ccc(Cc3ccccc3)cc2)[C]([Ti+3])=C1C.[Cl-].[Cl-].[Cl-]. The minimum absolute atomic E-state index is 0. The summed E-state index contributed by atoms with van der Waals surface area (Å²) in [4.78, 5) is 0. The van der Waals surface area contributed by atoms with Crippen molar-refractivity contribution in [1.82, 2.24) is 0 Å². The van der Waals surface area contributed by atoms with Crippen molar-refractivity contribution in [3.05, 3.63) is 218 Å². The van der Waals surface area contributed by atoms with Gasteiger partial charge in [0.1, 0.15) is 0 Å². The molecular weight excluding hydrogens is 759 g/mol. The van der Waals surface area contributed by atoms with Crippen molar-refractivity contribution in [3.63, 3.8) is 0 Å². The van der Waals surface area contributed by atoms with Gasteiger partial charge in [0.25, 0.3) is 0 Å². The molecule has 5 heteroatoms. The third kappa shape index (κ3) is 8.18. The van der Waals surface area contributed by atoms with Gasteiger partial charge < -0.3 is 37.2 Å². The molecule has 0 spiro atoms. The summed E-state index contributed by atoms with van der Waals surface area (Å²) in [7, 11) is -2.79. The van der Waals surface area contributed by atoms with Crippen molar-refractivity contribution in [2.45, 2.75) is 52.0 Å². The van der Waals surface area contributed by atoms with Crippen molar-refractivity contribution in [1.29, 1.82) is 0 Å². The molecule has 53 heavy (non-hydrogen) atoms. The maximum Gasteiger partial charge on any atom is -1.00 e. The van der Waals surface area contributed by atoms with E-state index >= 15 is 0 Å². The van der Waals surface area contributed by atoms with E-state index in [2.05, 4.69) is 212 Å². The fourth-order valence-corrected chi connectivity index (χ4v) is 15.9. The maximum absolute atomic E-state index is 2.79. The van der Waals surface area contributed by atoms with Crippen LogP contribution in [-0.4, -0.2) is 8.07 Å². The van der Waals surface area contributed by atoms with Crippen LogP contribution in [0.2, 0.25) is 5.04 Å². The van der Waals surface area contributed by atoms with Gasteiger partial charge in [-0.15, -0.1) is 0 Å². The van der Waals surface area contributed by atoms with E-state index in [-0.39, 0.29) is 42.3 Å². The Morgan fingerprint density at radius 1 is 0.396 bits per heavy atom. The van der Waals surface area contributed by atoms with Crippen LogP contribution in [0.1, 0.15) is 61.1 Å². The van der Waals surface area contributed by atoms with Gasteiger partial charge in [0.2, 0.25) is 0 Å². The molecule has 0 N–H and O–H groups in total. The van der Waals surface area contributed by atoms with Gasteiger partial charge >= 0.3 is 314 Å². The first-order valence-corrected chi connectivity index (χ1v) is 20.6. The molecule has 0 bridgehead atoms. The van der Waals surface area contributed by atoms with Gasteiger partial charge in [0, 0.05) is 0 Å². The van der Waals surface area contributed by atoms with Crippen molar-refractivity contribution in [2.24, 2.45) is 0 Å². The fraction of sp³-hybridized carbons (Fsp3) is 0.167. The molecular formula is C48H45Cl3SiTi. The Labute approximate surface area is 348 Å². The molecule has 266 valence electrons. The summed E-state index contributed by atoms with van der Waals surface area (Å²) in [5.74, 6) is 0. The van der Waals surface area contributed by atoms with Crippen molar-refractivity contribution in [3.8, 4) is 0 Å². The number of hydrogen-bond acceptors (Lipinski definition) is 0. The number of allylic oxidation sites excluding steroid dienone is 4. The largest absolute Gasteiger partial charge is 1.00 e. The predicted molar refractivity (Wildman–Crippen MR) is 211 cm³/mol. The predicted octanol–water partition coefficient (Wildman–Crippen LogP) is 0.872. The minimum atomic E-state index is -2.79. The zero-order chi connectivity index (χ0) is 34.7. The first-order valence-electron chi connectivity index (χ1n) is 17.8. The van der Waals surface area contributed by atoms with Crippen LogP contribution in [0.15, 0.2) is 184 Å². The Balaban J connectivity index is 0.00000209. The number of halogens is 3. The summed E-state index contributed by atoms with van der Waals surface area (Å²) in [5.41, 5.74) is 12.5. The van der Waals surface area contributed by atoms with E-state index in [4.69, 9.17) is 0 Å². The maximum atomic E-state index is 2.57. The minimum Gasteiger partial charge on any atom is -1.00 e. The summed E-state index contributed by atoms with van der Waals surface area (Å²) < 4.78 is 1.51. The second-order valence-electron chi connectivity index (χ2n) is 14.2. The van der Waals surface area contributed by atoms with Gasteiger partial charge in [-0.1, -0.05) is 0 Å². The summed E-state index contributed by atoms with van der Waals surface area (Å²) in [6.07, 6.45) is 2.81. The fourth-order valence-electron chi connectivity index (χ4n) is 8.35. The Hall–Kier alpha value is -3.40. The molecule has 1 aliphatic carbocycles. The first-order chi connectivity index (χ1) is 24.3. The van der Waals surface area contributed by atoms with Gasteiger partial charge in [0.05, 0.1) is 0 Å². The van der Waals surface area contributed by atoms with Gasteiger partial charge in [-0.2, -0.15) is 0 Å². The monoisotopic (exact) mass is 802 g/mol. The van der Waals surface area contributed by atoms with E-state index in [9.17, 15) is 0 Å². The zero-order valence-corrected chi connectivity index (χ0v) is 35.7. The first kappa shape index (κ1) is 42.3. The molecule has 0 nitrogen and oxygen atoms in total. The summed E-state index contributed by atoms with van der Waals surface area (Å²) in [5, 5.41) is 4.24. The van der Waals surface area contributed by atoms with Crippen molar-refractivity contribution in [2.75, 3.05) is 0 Å². The molecule has 0 radical (unpaired) electrons. The van der Waals surface area contributed by atoms with Crippen LogP contribution in [0.3, 0.4) is 0 Å².